The monoisotopic (exact) mass is 241 g/mol. The average Bonchev–Trinajstić information content (AvgIpc) is 2.30. The van der Waals surface area contributed by atoms with Gasteiger partial charge in [0.05, 0.1) is 0 Å². The summed E-state index contributed by atoms with van der Waals surface area (Å²) in [4.78, 5) is 0. The van der Waals surface area contributed by atoms with E-state index in [0.29, 0.717) is 17.0 Å². The van der Waals surface area contributed by atoms with Crippen LogP contribution in [0.1, 0.15) is 43.9 Å². The highest BCUT2D eigenvalue weighted by Gasteiger charge is 2.18. The molecule has 0 bridgehead atoms. The van der Waals surface area contributed by atoms with Gasteiger partial charge in [0.25, 0.3) is 0 Å². The lowest BCUT2D eigenvalue weighted by Crippen LogP contribution is -2.20. The number of rotatable bonds is 5. The largest absolute Gasteiger partial charge is 0.313 e. The van der Waals surface area contributed by atoms with Gasteiger partial charge in [0.2, 0.25) is 0 Å². The molecule has 17 heavy (non-hydrogen) atoms. The van der Waals surface area contributed by atoms with Crippen LogP contribution in [0.3, 0.4) is 0 Å². The summed E-state index contributed by atoms with van der Waals surface area (Å²) in [5.74, 6) is -0.187. The van der Waals surface area contributed by atoms with Crippen LogP contribution in [0.4, 0.5) is 8.78 Å². The zero-order valence-corrected chi connectivity index (χ0v) is 11.0. The molecule has 0 fully saturated rings. The Bertz CT molecular complexity index is 377. The Morgan fingerprint density at radius 2 is 1.88 bits per heavy atom. The molecule has 0 aliphatic carbocycles. The molecule has 0 radical (unpaired) electrons. The van der Waals surface area contributed by atoms with Crippen molar-refractivity contribution in [2.24, 2.45) is 5.92 Å². The summed E-state index contributed by atoms with van der Waals surface area (Å²) in [6.45, 7) is 5.79. The highest BCUT2D eigenvalue weighted by atomic mass is 19.1. The minimum Gasteiger partial charge on any atom is -0.313 e. The summed E-state index contributed by atoms with van der Waals surface area (Å²) in [6, 6.07) is 2.46. The van der Waals surface area contributed by atoms with Crippen molar-refractivity contribution >= 4 is 0 Å². The maximum Gasteiger partial charge on any atom is 0.128 e. The summed E-state index contributed by atoms with van der Waals surface area (Å²) in [7, 11) is 1.78. The minimum atomic E-state index is -0.342. The first-order chi connectivity index (χ1) is 7.99. The Labute approximate surface area is 102 Å². The van der Waals surface area contributed by atoms with Crippen LogP contribution in [-0.2, 0) is 0 Å². The third-order valence-corrected chi connectivity index (χ3v) is 3.34. The van der Waals surface area contributed by atoms with Crippen molar-refractivity contribution in [3.63, 3.8) is 0 Å². The van der Waals surface area contributed by atoms with E-state index in [9.17, 15) is 8.78 Å². The third kappa shape index (κ3) is 3.50. The van der Waals surface area contributed by atoms with Crippen molar-refractivity contribution in [2.45, 2.75) is 39.7 Å². The van der Waals surface area contributed by atoms with E-state index in [2.05, 4.69) is 19.2 Å². The Morgan fingerprint density at radius 1 is 1.24 bits per heavy atom. The molecule has 0 aliphatic rings. The zero-order valence-electron chi connectivity index (χ0n) is 11.0. The van der Waals surface area contributed by atoms with Gasteiger partial charge in [0, 0.05) is 11.6 Å². The molecule has 96 valence electrons. The maximum absolute atomic E-state index is 13.8. The predicted molar refractivity (Wildman–Crippen MR) is 67.0 cm³/mol. The summed E-state index contributed by atoms with van der Waals surface area (Å²) in [6.07, 6.45) is 1.85. The van der Waals surface area contributed by atoms with Gasteiger partial charge in [0.1, 0.15) is 11.6 Å². The van der Waals surface area contributed by atoms with Crippen LogP contribution >= 0.6 is 0 Å². The Balaban J connectivity index is 2.99. The molecule has 1 nitrogen and oxygen atoms in total. The normalized spacial score (nSPS) is 14.7. The lowest BCUT2D eigenvalue weighted by Gasteiger charge is -2.21. The first kappa shape index (κ1) is 14.1. The van der Waals surface area contributed by atoms with E-state index in [1.54, 1.807) is 14.0 Å². The van der Waals surface area contributed by atoms with E-state index in [0.717, 1.165) is 12.8 Å². The van der Waals surface area contributed by atoms with Crippen LogP contribution in [0.25, 0.3) is 0 Å². The number of hydrogen-bond acceptors (Lipinski definition) is 1. The van der Waals surface area contributed by atoms with Crippen molar-refractivity contribution < 1.29 is 8.78 Å². The van der Waals surface area contributed by atoms with Gasteiger partial charge in [-0.3, -0.25) is 0 Å². The van der Waals surface area contributed by atoms with E-state index in [4.69, 9.17) is 0 Å². The molecular formula is C14H21F2N. The highest BCUT2D eigenvalue weighted by Crippen LogP contribution is 2.26. The average molecular weight is 241 g/mol. The number of benzene rings is 1. The molecule has 0 saturated carbocycles. The van der Waals surface area contributed by atoms with Crippen LogP contribution in [0.2, 0.25) is 0 Å². The molecule has 1 aromatic carbocycles. The van der Waals surface area contributed by atoms with Crippen LogP contribution in [0.5, 0.6) is 0 Å². The van der Waals surface area contributed by atoms with Gasteiger partial charge in [-0.05, 0) is 44.0 Å². The van der Waals surface area contributed by atoms with E-state index in [1.807, 2.05) is 0 Å². The van der Waals surface area contributed by atoms with Gasteiger partial charge >= 0.3 is 0 Å². The van der Waals surface area contributed by atoms with Crippen LogP contribution in [0, 0.1) is 24.5 Å². The topological polar surface area (TPSA) is 12.0 Å². The summed E-state index contributed by atoms with van der Waals surface area (Å²) >= 11 is 0. The molecular weight excluding hydrogens is 220 g/mol. The van der Waals surface area contributed by atoms with Crippen LogP contribution in [0.15, 0.2) is 12.1 Å². The fourth-order valence-electron chi connectivity index (χ4n) is 1.90. The van der Waals surface area contributed by atoms with Crippen molar-refractivity contribution in [1.82, 2.24) is 5.32 Å². The van der Waals surface area contributed by atoms with Crippen molar-refractivity contribution in [1.29, 1.82) is 0 Å². The summed E-state index contributed by atoms with van der Waals surface area (Å²) in [5, 5.41) is 3.06. The maximum atomic E-state index is 13.8. The molecule has 1 N–H and O–H groups in total. The summed E-state index contributed by atoms with van der Waals surface area (Å²) in [5.41, 5.74) is 0.778. The first-order valence-electron chi connectivity index (χ1n) is 6.12. The fraction of sp³-hybridized carbons (Fsp3) is 0.571. The molecule has 0 spiro atoms. The minimum absolute atomic E-state index is 0.125. The second-order valence-corrected chi connectivity index (χ2v) is 4.71. The SMILES string of the molecule is CCC(C)CC(NC)c1cc(F)c(C)cc1F. The molecule has 0 aliphatic heterocycles. The number of aryl methyl sites for hydroxylation is 1. The highest BCUT2D eigenvalue weighted by molar-refractivity contribution is 5.27. The van der Waals surface area contributed by atoms with Gasteiger partial charge in [0.15, 0.2) is 0 Å². The molecule has 0 saturated heterocycles. The standard InChI is InChI=1S/C14H21F2N/c1-5-9(2)6-14(17-4)11-8-12(15)10(3)7-13(11)16/h7-9,14,17H,5-6H2,1-4H3. The molecule has 0 heterocycles. The smallest absolute Gasteiger partial charge is 0.128 e. The lowest BCUT2D eigenvalue weighted by molar-refractivity contribution is 0.408. The van der Waals surface area contributed by atoms with E-state index in [-0.39, 0.29) is 17.7 Å². The molecule has 1 aromatic rings. The van der Waals surface area contributed by atoms with Gasteiger partial charge in [-0.2, -0.15) is 0 Å². The molecule has 0 aromatic heterocycles. The van der Waals surface area contributed by atoms with Crippen molar-refractivity contribution in [3.8, 4) is 0 Å². The first-order valence-corrected chi connectivity index (χ1v) is 6.12. The third-order valence-electron chi connectivity index (χ3n) is 3.34. The molecule has 0 amide bonds. The summed E-state index contributed by atoms with van der Waals surface area (Å²) < 4.78 is 27.3. The number of halogens is 2. The van der Waals surface area contributed by atoms with E-state index in [1.165, 1.54) is 12.1 Å². The number of hydrogen-bond donors (Lipinski definition) is 1. The molecule has 1 rings (SSSR count). The molecule has 2 unspecified atom stereocenters. The second kappa shape index (κ2) is 6.10. The quantitative estimate of drug-likeness (QED) is 0.822. The Hall–Kier alpha value is -0.960. The van der Waals surface area contributed by atoms with Gasteiger partial charge < -0.3 is 5.32 Å². The number of nitrogens with one attached hydrogen (secondary N) is 1. The van der Waals surface area contributed by atoms with Gasteiger partial charge in [-0.15, -0.1) is 0 Å². The predicted octanol–water partition coefficient (Wildman–Crippen LogP) is 3.97. The Morgan fingerprint density at radius 3 is 2.41 bits per heavy atom. The second-order valence-electron chi connectivity index (χ2n) is 4.71. The Kier molecular flexibility index (Phi) is 5.06. The van der Waals surface area contributed by atoms with E-state index >= 15 is 0 Å². The van der Waals surface area contributed by atoms with Crippen LogP contribution < -0.4 is 5.32 Å². The lowest BCUT2D eigenvalue weighted by atomic mass is 9.93. The van der Waals surface area contributed by atoms with Gasteiger partial charge in [-0.25, -0.2) is 8.78 Å². The van der Waals surface area contributed by atoms with Crippen LogP contribution in [-0.4, -0.2) is 7.05 Å². The van der Waals surface area contributed by atoms with Gasteiger partial charge in [-0.1, -0.05) is 20.3 Å². The molecule has 2 atom stereocenters. The molecule has 3 heteroatoms. The van der Waals surface area contributed by atoms with E-state index < -0.39 is 0 Å². The zero-order chi connectivity index (χ0) is 13.0. The fourth-order valence-corrected chi connectivity index (χ4v) is 1.90. The van der Waals surface area contributed by atoms with Crippen molar-refractivity contribution in [3.05, 3.63) is 34.9 Å². The van der Waals surface area contributed by atoms with Crippen molar-refractivity contribution in [2.75, 3.05) is 7.05 Å².